The van der Waals surface area contributed by atoms with Crippen LogP contribution in [-0.2, 0) is 4.74 Å². The highest BCUT2D eigenvalue weighted by molar-refractivity contribution is 5.93. The van der Waals surface area contributed by atoms with Gasteiger partial charge in [-0.3, -0.25) is 4.79 Å². The Morgan fingerprint density at radius 3 is 2.83 bits per heavy atom. The van der Waals surface area contributed by atoms with E-state index in [9.17, 15) is 4.79 Å². The third kappa shape index (κ3) is 2.95. The highest BCUT2D eigenvalue weighted by atomic mass is 16.5. The van der Waals surface area contributed by atoms with E-state index in [0.29, 0.717) is 30.6 Å². The summed E-state index contributed by atoms with van der Waals surface area (Å²) in [6.07, 6.45) is 2.10. The second kappa shape index (κ2) is 5.30. The average Bonchev–Trinajstić information content (AvgIpc) is 3.12. The fraction of sp³-hybridized carbons (Fsp3) is 0.583. The Hall–Kier alpha value is -1.69. The quantitative estimate of drug-likeness (QED) is 0.828. The molecule has 0 saturated heterocycles. The van der Waals surface area contributed by atoms with Crippen molar-refractivity contribution in [1.29, 1.82) is 0 Å². The van der Waals surface area contributed by atoms with Crippen LogP contribution in [0.3, 0.4) is 0 Å². The van der Waals surface area contributed by atoms with Crippen LogP contribution in [0.4, 0.5) is 5.95 Å². The van der Waals surface area contributed by atoms with E-state index in [-0.39, 0.29) is 11.9 Å². The standard InChI is InChI=1S/C12H18N4O2/c1-8-7-10(15-12(13)14-8)11(17)16(5-6-18-2)9-3-4-9/h7,9H,3-6H2,1-2H3,(H2,13,14,15). The van der Waals surface area contributed by atoms with E-state index in [2.05, 4.69) is 9.97 Å². The van der Waals surface area contributed by atoms with E-state index < -0.39 is 0 Å². The third-order valence-electron chi connectivity index (χ3n) is 2.88. The van der Waals surface area contributed by atoms with Gasteiger partial charge >= 0.3 is 0 Å². The number of nitrogens with two attached hydrogens (primary N) is 1. The molecule has 1 aromatic heterocycles. The second-order valence-electron chi connectivity index (χ2n) is 4.48. The van der Waals surface area contributed by atoms with Crippen LogP contribution >= 0.6 is 0 Å². The van der Waals surface area contributed by atoms with Crippen LogP contribution in [0.15, 0.2) is 6.07 Å². The van der Waals surface area contributed by atoms with Gasteiger partial charge in [-0.05, 0) is 25.8 Å². The van der Waals surface area contributed by atoms with Crippen molar-refractivity contribution in [3.8, 4) is 0 Å². The molecule has 98 valence electrons. The van der Waals surface area contributed by atoms with Crippen molar-refractivity contribution in [2.75, 3.05) is 26.0 Å². The minimum atomic E-state index is -0.0910. The first-order chi connectivity index (χ1) is 8.61. The summed E-state index contributed by atoms with van der Waals surface area (Å²) in [6, 6.07) is 1.99. The summed E-state index contributed by atoms with van der Waals surface area (Å²) >= 11 is 0. The number of hydrogen-bond acceptors (Lipinski definition) is 5. The predicted octanol–water partition coefficient (Wildman–Crippen LogP) is 0.618. The van der Waals surface area contributed by atoms with Gasteiger partial charge in [-0.25, -0.2) is 9.97 Å². The molecule has 1 aromatic rings. The van der Waals surface area contributed by atoms with E-state index in [1.54, 1.807) is 20.1 Å². The van der Waals surface area contributed by atoms with Crippen LogP contribution in [-0.4, -0.2) is 47.1 Å². The number of hydrogen-bond donors (Lipinski definition) is 1. The molecule has 0 unspecified atom stereocenters. The number of anilines is 1. The molecule has 1 amide bonds. The zero-order valence-electron chi connectivity index (χ0n) is 10.7. The molecule has 1 fully saturated rings. The summed E-state index contributed by atoms with van der Waals surface area (Å²) < 4.78 is 5.03. The van der Waals surface area contributed by atoms with Crippen molar-refractivity contribution in [1.82, 2.24) is 14.9 Å². The van der Waals surface area contributed by atoms with Gasteiger partial charge in [-0.2, -0.15) is 0 Å². The van der Waals surface area contributed by atoms with Gasteiger partial charge in [-0.1, -0.05) is 0 Å². The first-order valence-corrected chi connectivity index (χ1v) is 6.03. The number of nitrogens with zero attached hydrogens (tertiary/aromatic N) is 3. The van der Waals surface area contributed by atoms with Gasteiger partial charge in [0.2, 0.25) is 5.95 Å². The number of carbonyl (C=O) groups is 1. The SMILES string of the molecule is COCCN(C(=O)c1cc(C)nc(N)n1)C1CC1. The molecular weight excluding hydrogens is 232 g/mol. The summed E-state index contributed by atoms with van der Waals surface area (Å²) in [7, 11) is 1.63. The zero-order chi connectivity index (χ0) is 13.1. The normalized spacial score (nSPS) is 14.6. The fourth-order valence-corrected chi connectivity index (χ4v) is 1.87. The number of methoxy groups -OCH3 is 1. The molecule has 0 radical (unpaired) electrons. The Morgan fingerprint density at radius 1 is 1.56 bits per heavy atom. The molecular formula is C12H18N4O2. The van der Waals surface area contributed by atoms with E-state index in [0.717, 1.165) is 12.8 Å². The van der Waals surface area contributed by atoms with Crippen molar-refractivity contribution in [3.05, 3.63) is 17.5 Å². The van der Waals surface area contributed by atoms with E-state index in [4.69, 9.17) is 10.5 Å². The minimum absolute atomic E-state index is 0.0910. The number of ether oxygens (including phenoxy) is 1. The van der Waals surface area contributed by atoms with Crippen LogP contribution in [0.5, 0.6) is 0 Å². The van der Waals surface area contributed by atoms with Gasteiger partial charge in [0.05, 0.1) is 6.61 Å². The number of amides is 1. The molecule has 0 bridgehead atoms. The second-order valence-corrected chi connectivity index (χ2v) is 4.48. The minimum Gasteiger partial charge on any atom is -0.383 e. The number of rotatable bonds is 5. The van der Waals surface area contributed by atoms with E-state index in [1.807, 2.05) is 4.90 Å². The lowest BCUT2D eigenvalue weighted by atomic mass is 10.3. The molecule has 1 heterocycles. The first-order valence-electron chi connectivity index (χ1n) is 6.03. The molecule has 6 heteroatoms. The lowest BCUT2D eigenvalue weighted by molar-refractivity contribution is 0.0674. The molecule has 18 heavy (non-hydrogen) atoms. The van der Waals surface area contributed by atoms with Gasteiger partial charge < -0.3 is 15.4 Å². The van der Waals surface area contributed by atoms with Crippen LogP contribution in [0.25, 0.3) is 0 Å². The molecule has 0 aliphatic heterocycles. The molecule has 1 saturated carbocycles. The van der Waals surface area contributed by atoms with Crippen molar-refractivity contribution >= 4 is 11.9 Å². The predicted molar refractivity (Wildman–Crippen MR) is 67.1 cm³/mol. The number of aryl methyl sites for hydroxylation is 1. The fourth-order valence-electron chi connectivity index (χ4n) is 1.87. The third-order valence-corrected chi connectivity index (χ3v) is 2.88. The first kappa shape index (κ1) is 12.8. The average molecular weight is 250 g/mol. The monoisotopic (exact) mass is 250 g/mol. The van der Waals surface area contributed by atoms with Crippen LogP contribution in [0, 0.1) is 6.92 Å². The maximum atomic E-state index is 12.4. The van der Waals surface area contributed by atoms with Gasteiger partial charge in [0, 0.05) is 25.4 Å². The molecule has 1 aliphatic carbocycles. The molecule has 0 spiro atoms. The highest BCUT2D eigenvalue weighted by Gasteiger charge is 2.33. The molecule has 1 aliphatic rings. The maximum absolute atomic E-state index is 12.4. The number of carbonyl (C=O) groups excluding carboxylic acids is 1. The number of nitrogen functional groups attached to an aromatic ring is 1. The van der Waals surface area contributed by atoms with Crippen LogP contribution in [0.2, 0.25) is 0 Å². The Balaban J connectivity index is 2.16. The Labute approximate surface area is 106 Å². The van der Waals surface area contributed by atoms with Crippen LogP contribution in [0.1, 0.15) is 29.0 Å². The van der Waals surface area contributed by atoms with Gasteiger partial charge in [0.1, 0.15) is 5.69 Å². The van der Waals surface area contributed by atoms with Crippen molar-refractivity contribution in [2.45, 2.75) is 25.8 Å². The maximum Gasteiger partial charge on any atom is 0.272 e. The van der Waals surface area contributed by atoms with Crippen molar-refractivity contribution < 1.29 is 9.53 Å². The van der Waals surface area contributed by atoms with E-state index in [1.165, 1.54) is 0 Å². The smallest absolute Gasteiger partial charge is 0.272 e. The highest BCUT2D eigenvalue weighted by Crippen LogP contribution is 2.27. The summed E-state index contributed by atoms with van der Waals surface area (Å²) in [4.78, 5) is 22.1. The number of aromatic nitrogens is 2. The summed E-state index contributed by atoms with van der Waals surface area (Å²) in [5.74, 6) is 0.0487. The summed E-state index contributed by atoms with van der Waals surface area (Å²) in [6.45, 7) is 2.91. The molecule has 6 nitrogen and oxygen atoms in total. The summed E-state index contributed by atoms with van der Waals surface area (Å²) in [5, 5.41) is 0. The molecule has 0 aromatic carbocycles. The summed E-state index contributed by atoms with van der Waals surface area (Å²) in [5.41, 5.74) is 6.64. The molecule has 2 rings (SSSR count). The Morgan fingerprint density at radius 2 is 2.28 bits per heavy atom. The van der Waals surface area contributed by atoms with Crippen molar-refractivity contribution in [2.24, 2.45) is 0 Å². The largest absolute Gasteiger partial charge is 0.383 e. The Kier molecular flexibility index (Phi) is 3.76. The lowest BCUT2D eigenvalue weighted by Crippen LogP contribution is -2.36. The zero-order valence-corrected chi connectivity index (χ0v) is 10.7. The van der Waals surface area contributed by atoms with Gasteiger partial charge in [0.15, 0.2) is 0 Å². The van der Waals surface area contributed by atoms with E-state index >= 15 is 0 Å². The molecule has 2 N–H and O–H groups in total. The van der Waals surface area contributed by atoms with Crippen LogP contribution < -0.4 is 5.73 Å². The van der Waals surface area contributed by atoms with Gasteiger partial charge in [-0.15, -0.1) is 0 Å². The lowest BCUT2D eigenvalue weighted by Gasteiger charge is -2.21. The van der Waals surface area contributed by atoms with Gasteiger partial charge in [0.25, 0.3) is 5.91 Å². The topological polar surface area (TPSA) is 81.3 Å². The Bertz CT molecular complexity index is 425. The molecule has 0 atom stereocenters. The van der Waals surface area contributed by atoms with Crippen molar-refractivity contribution in [3.63, 3.8) is 0 Å².